The maximum atomic E-state index is 13.9. The summed E-state index contributed by atoms with van der Waals surface area (Å²) in [7, 11) is 0. The summed E-state index contributed by atoms with van der Waals surface area (Å²) >= 11 is 0. The number of carboxylic acids is 1. The molecular weight excluding hydrogens is 309 g/mol. The summed E-state index contributed by atoms with van der Waals surface area (Å²) in [5, 5.41) is 58.4. The van der Waals surface area contributed by atoms with Gasteiger partial charge in [-0.1, -0.05) is 0 Å². The zero-order valence-electron chi connectivity index (χ0n) is 11.5. The van der Waals surface area contributed by atoms with Crippen molar-refractivity contribution in [3.8, 4) is 0 Å². The maximum absolute atomic E-state index is 13.9. The van der Waals surface area contributed by atoms with Crippen LogP contribution in [0.3, 0.4) is 0 Å². The number of carbonyl (C=O) groups is 2. The van der Waals surface area contributed by atoms with E-state index < -0.39 is 60.9 Å². The lowest BCUT2D eigenvalue weighted by Gasteiger charge is -2.46. The highest BCUT2D eigenvalue weighted by molar-refractivity contribution is 5.77. The van der Waals surface area contributed by atoms with Gasteiger partial charge >= 0.3 is 11.8 Å². The van der Waals surface area contributed by atoms with Gasteiger partial charge in [0.25, 0.3) is 0 Å². The van der Waals surface area contributed by atoms with Gasteiger partial charge in [-0.05, 0) is 0 Å². The average molecular weight is 327 g/mol. The molecule has 0 saturated carbocycles. The second-order valence-electron chi connectivity index (χ2n) is 4.94. The minimum atomic E-state index is -3.49. The van der Waals surface area contributed by atoms with Gasteiger partial charge in [-0.2, -0.15) is 0 Å². The SMILES string of the molecule is CC(=O)N[C@@H]1[C@@H](O)[C@@H](F)[C@@](O)(C(=O)O)O[C@H]1C(O)C(O)CO. The number of aliphatic hydroxyl groups is 5. The van der Waals surface area contributed by atoms with E-state index in [9.17, 15) is 34.4 Å². The Bertz CT molecular complexity index is 436. The van der Waals surface area contributed by atoms with Gasteiger partial charge in [0.1, 0.15) is 24.4 Å². The number of aliphatic carboxylic acids is 1. The zero-order chi connectivity index (χ0) is 17.2. The minimum absolute atomic E-state index is 0.767. The summed E-state index contributed by atoms with van der Waals surface area (Å²) in [6.45, 7) is 0.0400. The van der Waals surface area contributed by atoms with Crippen molar-refractivity contribution in [2.75, 3.05) is 6.61 Å². The molecule has 7 atom stereocenters. The van der Waals surface area contributed by atoms with Crippen molar-refractivity contribution < 1.29 is 49.4 Å². The van der Waals surface area contributed by atoms with Crippen molar-refractivity contribution in [3.63, 3.8) is 0 Å². The fourth-order valence-electron chi connectivity index (χ4n) is 2.13. The smallest absolute Gasteiger partial charge is 0.367 e. The standard InChI is InChI=1S/C11H18FNO9/c1-3(15)13-5-7(18)9(12)11(21,10(19)20)22-8(5)6(17)4(16)2-14/h4-9,14,16-18,21H,2H2,1H3,(H,13,15)(H,19,20)/t4?,5-,6?,7-,8-,9-,11+/m1/s1. The lowest BCUT2D eigenvalue weighted by molar-refractivity contribution is -0.320. The number of rotatable bonds is 5. The largest absolute Gasteiger partial charge is 0.477 e. The molecule has 1 heterocycles. The first kappa shape index (κ1) is 18.7. The second-order valence-corrected chi connectivity index (χ2v) is 4.94. The minimum Gasteiger partial charge on any atom is -0.477 e. The molecule has 10 nitrogen and oxygen atoms in total. The average Bonchev–Trinajstić information content (AvgIpc) is 2.45. The molecule has 22 heavy (non-hydrogen) atoms. The van der Waals surface area contributed by atoms with E-state index in [1.807, 2.05) is 5.32 Å². The Kier molecular flexibility index (Phi) is 5.78. The third-order valence-corrected chi connectivity index (χ3v) is 3.31. The second kappa shape index (κ2) is 6.81. The third kappa shape index (κ3) is 3.34. The summed E-state index contributed by atoms with van der Waals surface area (Å²) in [6, 6.07) is -1.66. The Morgan fingerprint density at radius 1 is 1.41 bits per heavy atom. The quantitative estimate of drug-likeness (QED) is 0.266. The number of carboxylic acid groups (broad SMARTS) is 1. The van der Waals surface area contributed by atoms with Crippen LogP contribution in [0, 0.1) is 0 Å². The lowest BCUT2D eigenvalue weighted by atomic mass is 9.87. The molecule has 0 radical (unpaired) electrons. The van der Waals surface area contributed by atoms with E-state index >= 15 is 0 Å². The molecule has 0 aromatic heterocycles. The summed E-state index contributed by atoms with van der Waals surface area (Å²) in [6.07, 6.45) is -10.8. The van der Waals surface area contributed by atoms with Crippen LogP contribution in [0.5, 0.6) is 0 Å². The summed E-state index contributed by atoms with van der Waals surface area (Å²) in [5.74, 6) is -6.43. The van der Waals surface area contributed by atoms with Crippen LogP contribution >= 0.6 is 0 Å². The van der Waals surface area contributed by atoms with Gasteiger partial charge in [-0.15, -0.1) is 0 Å². The highest BCUT2D eigenvalue weighted by Crippen LogP contribution is 2.32. The number of aliphatic hydroxyl groups excluding tert-OH is 4. The van der Waals surface area contributed by atoms with Gasteiger partial charge in [0, 0.05) is 6.92 Å². The van der Waals surface area contributed by atoms with Crippen LogP contribution in [0.1, 0.15) is 6.92 Å². The van der Waals surface area contributed by atoms with E-state index in [-0.39, 0.29) is 0 Å². The van der Waals surface area contributed by atoms with Gasteiger partial charge in [0.2, 0.25) is 5.91 Å². The predicted molar refractivity (Wildman–Crippen MR) is 65.1 cm³/mol. The fraction of sp³-hybridized carbons (Fsp3) is 0.818. The molecule has 1 rings (SSSR count). The molecule has 0 aliphatic carbocycles. The number of carbonyl (C=O) groups excluding carboxylic acids is 1. The van der Waals surface area contributed by atoms with E-state index in [1.165, 1.54) is 0 Å². The van der Waals surface area contributed by atoms with E-state index in [0.717, 1.165) is 6.92 Å². The van der Waals surface area contributed by atoms with E-state index in [1.54, 1.807) is 0 Å². The zero-order valence-corrected chi connectivity index (χ0v) is 11.5. The summed E-state index contributed by atoms with van der Waals surface area (Å²) in [5.41, 5.74) is 0. The number of amides is 1. The van der Waals surface area contributed by atoms with Gasteiger partial charge in [0.15, 0.2) is 6.17 Å². The Labute approximate surface area is 123 Å². The van der Waals surface area contributed by atoms with E-state index in [0.29, 0.717) is 0 Å². The highest BCUT2D eigenvalue weighted by Gasteiger charge is 2.61. The Morgan fingerprint density at radius 3 is 2.36 bits per heavy atom. The Morgan fingerprint density at radius 2 is 1.95 bits per heavy atom. The predicted octanol–water partition coefficient (Wildman–Crippen LogP) is -3.92. The molecule has 2 unspecified atom stereocenters. The first-order chi connectivity index (χ1) is 10.1. The van der Waals surface area contributed by atoms with Crippen LogP contribution < -0.4 is 5.32 Å². The number of hydrogen-bond acceptors (Lipinski definition) is 8. The van der Waals surface area contributed by atoms with E-state index in [2.05, 4.69) is 4.74 Å². The number of ether oxygens (including phenoxy) is 1. The molecule has 1 aliphatic heterocycles. The highest BCUT2D eigenvalue weighted by atomic mass is 19.1. The molecule has 1 saturated heterocycles. The van der Waals surface area contributed by atoms with Crippen LogP contribution in [-0.4, -0.2) is 91.5 Å². The van der Waals surface area contributed by atoms with Gasteiger partial charge < -0.3 is 40.7 Å². The van der Waals surface area contributed by atoms with Crippen LogP contribution in [0.4, 0.5) is 4.39 Å². The molecule has 0 aromatic carbocycles. The third-order valence-electron chi connectivity index (χ3n) is 3.31. The first-order valence-corrected chi connectivity index (χ1v) is 6.26. The molecule has 1 amide bonds. The summed E-state index contributed by atoms with van der Waals surface area (Å²) in [4.78, 5) is 22.1. The van der Waals surface area contributed by atoms with Crippen molar-refractivity contribution in [2.45, 2.75) is 49.3 Å². The summed E-state index contributed by atoms with van der Waals surface area (Å²) < 4.78 is 18.5. The van der Waals surface area contributed by atoms with E-state index in [4.69, 9.17) is 10.2 Å². The monoisotopic (exact) mass is 327 g/mol. The number of hydrogen-bond donors (Lipinski definition) is 7. The van der Waals surface area contributed by atoms with Gasteiger partial charge in [0.05, 0.1) is 12.6 Å². The van der Waals surface area contributed by atoms with Crippen molar-refractivity contribution in [3.05, 3.63) is 0 Å². The van der Waals surface area contributed by atoms with Gasteiger partial charge in [-0.3, -0.25) is 4.79 Å². The number of alkyl halides is 1. The molecule has 0 spiro atoms. The Hall–Kier alpha value is -1.37. The topological polar surface area (TPSA) is 177 Å². The van der Waals surface area contributed by atoms with Crippen molar-refractivity contribution >= 4 is 11.9 Å². The molecule has 11 heteroatoms. The van der Waals surface area contributed by atoms with Crippen LogP contribution in [0.15, 0.2) is 0 Å². The van der Waals surface area contributed by atoms with Crippen molar-refractivity contribution in [1.82, 2.24) is 5.32 Å². The van der Waals surface area contributed by atoms with Crippen LogP contribution in [-0.2, 0) is 14.3 Å². The molecule has 0 aromatic rings. The van der Waals surface area contributed by atoms with Crippen molar-refractivity contribution in [2.24, 2.45) is 0 Å². The van der Waals surface area contributed by atoms with Crippen LogP contribution in [0.2, 0.25) is 0 Å². The maximum Gasteiger partial charge on any atom is 0.367 e. The van der Waals surface area contributed by atoms with Crippen LogP contribution in [0.25, 0.3) is 0 Å². The Balaban J connectivity index is 3.19. The first-order valence-electron chi connectivity index (χ1n) is 6.26. The number of halogens is 1. The van der Waals surface area contributed by atoms with Gasteiger partial charge in [-0.25, -0.2) is 9.18 Å². The molecule has 7 N–H and O–H groups in total. The van der Waals surface area contributed by atoms with Crippen molar-refractivity contribution in [1.29, 1.82) is 0 Å². The molecular formula is C11H18FNO9. The molecule has 128 valence electrons. The lowest BCUT2D eigenvalue weighted by Crippen LogP contribution is -2.72. The number of nitrogens with one attached hydrogen (secondary N) is 1. The molecule has 0 bridgehead atoms. The molecule has 1 fully saturated rings. The normalized spacial score (nSPS) is 38.1. The fourth-order valence-corrected chi connectivity index (χ4v) is 2.13. The molecule has 1 aliphatic rings.